The van der Waals surface area contributed by atoms with Gasteiger partial charge in [-0.15, -0.1) is 0 Å². The molecular weight excluding hydrogens is 308 g/mol. The molecule has 0 radical (unpaired) electrons. The Kier molecular flexibility index (Phi) is 3.95. The third-order valence-corrected chi connectivity index (χ3v) is 4.72. The fourth-order valence-electron chi connectivity index (χ4n) is 1.26. The summed E-state index contributed by atoms with van der Waals surface area (Å²) in [5.41, 5.74) is -0.137. The molecule has 0 spiro atoms. The number of hydrogen-bond donors (Lipinski definition) is 3. The van der Waals surface area contributed by atoms with Gasteiger partial charge in [-0.25, -0.2) is 4.21 Å². The van der Waals surface area contributed by atoms with E-state index in [4.69, 9.17) is 13.7 Å². The van der Waals surface area contributed by atoms with Crippen molar-refractivity contribution in [3.8, 4) is 0 Å². The Labute approximate surface area is 105 Å². The van der Waals surface area contributed by atoms with E-state index in [2.05, 4.69) is 0 Å². The molecule has 0 fully saturated rings. The highest BCUT2D eigenvalue weighted by atomic mass is 32.2. The molecule has 0 aliphatic heterocycles. The first-order valence-corrected chi connectivity index (χ1v) is 8.13. The van der Waals surface area contributed by atoms with Crippen molar-refractivity contribution in [1.82, 2.24) is 0 Å². The van der Waals surface area contributed by atoms with Gasteiger partial charge < -0.3 is 4.55 Å². The molecule has 1 aromatic carbocycles. The molecule has 11 heteroatoms. The summed E-state index contributed by atoms with van der Waals surface area (Å²) in [5.74, 6) is 0. The van der Waals surface area contributed by atoms with Crippen LogP contribution < -0.4 is 0 Å². The molecule has 18 heavy (non-hydrogen) atoms. The van der Waals surface area contributed by atoms with Gasteiger partial charge in [-0.1, -0.05) is 0 Å². The van der Waals surface area contributed by atoms with E-state index in [1.54, 1.807) is 0 Å². The standard InChI is InChI=1S/C7H8O8S3/c1-4-2-5(16(8)9)7(18(13,14)15)3-6(4)17(10,11)12/h2-3H,1H3,(H,8,9)(H,10,11,12)(H,13,14,15). The zero-order chi connectivity index (χ0) is 14.3. The number of aryl methyl sites for hydroxylation is 1. The average Bonchev–Trinajstić information content (AvgIpc) is 2.12. The van der Waals surface area contributed by atoms with Crippen molar-refractivity contribution in [1.29, 1.82) is 0 Å². The number of hydrogen-bond acceptors (Lipinski definition) is 5. The van der Waals surface area contributed by atoms with E-state index in [1.807, 2.05) is 0 Å². The monoisotopic (exact) mass is 316 g/mol. The highest BCUT2D eigenvalue weighted by molar-refractivity contribution is 7.87. The molecule has 0 aliphatic carbocycles. The Morgan fingerprint density at radius 3 is 1.78 bits per heavy atom. The van der Waals surface area contributed by atoms with Gasteiger partial charge in [-0.05, 0) is 24.6 Å². The van der Waals surface area contributed by atoms with Crippen LogP contribution in [0.25, 0.3) is 0 Å². The van der Waals surface area contributed by atoms with E-state index in [1.165, 1.54) is 6.92 Å². The lowest BCUT2D eigenvalue weighted by Crippen LogP contribution is -2.09. The number of benzene rings is 1. The topological polar surface area (TPSA) is 146 Å². The van der Waals surface area contributed by atoms with Crippen molar-refractivity contribution in [2.24, 2.45) is 0 Å². The Morgan fingerprint density at radius 2 is 1.44 bits per heavy atom. The van der Waals surface area contributed by atoms with Gasteiger partial charge in [-0.3, -0.25) is 9.11 Å². The summed E-state index contributed by atoms with van der Waals surface area (Å²) in [7, 11) is -9.62. The molecule has 1 atom stereocenters. The SMILES string of the molecule is Cc1cc(S(=O)O)c(S(=O)(=O)O)cc1S(=O)(=O)O. The van der Waals surface area contributed by atoms with Gasteiger partial charge in [0, 0.05) is 0 Å². The molecule has 1 rings (SSSR count). The van der Waals surface area contributed by atoms with Crippen LogP contribution in [0.1, 0.15) is 5.56 Å². The highest BCUT2D eigenvalue weighted by Gasteiger charge is 2.25. The van der Waals surface area contributed by atoms with Crippen molar-refractivity contribution < 1.29 is 34.7 Å². The second-order valence-electron chi connectivity index (χ2n) is 3.26. The first kappa shape index (κ1) is 15.2. The van der Waals surface area contributed by atoms with Crippen LogP contribution in [-0.2, 0) is 31.3 Å². The summed E-state index contributed by atoms with van der Waals surface area (Å²) >= 11 is -2.75. The van der Waals surface area contributed by atoms with E-state index in [0.29, 0.717) is 6.07 Å². The molecule has 0 bridgehead atoms. The van der Waals surface area contributed by atoms with E-state index < -0.39 is 46.0 Å². The zero-order valence-corrected chi connectivity index (χ0v) is 11.2. The maximum absolute atomic E-state index is 11.0. The van der Waals surface area contributed by atoms with Crippen LogP contribution in [0.5, 0.6) is 0 Å². The van der Waals surface area contributed by atoms with Crippen molar-refractivity contribution in [2.75, 3.05) is 0 Å². The summed E-state index contributed by atoms with van der Waals surface area (Å²) in [4.78, 5) is -2.51. The summed E-state index contributed by atoms with van der Waals surface area (Å²) in [5, 5.41) is 0. The number of rotatable bonds is 3. The van der Waals surface area contributed by atoms with Crippen molar-refractivity contribution in [3.63, 3.8) is 0 Å². The van der Waals surface area contributed by atoms with Crippen LogP contribution in [0, 0.1) is 6.92 Å². The largest absolute Gasteiger partial charge is 0.302 e. The first-order valence-electron chi connectivity index (χ1n) is 4.15. The molecule has 3 N–H and O–H groups in total. The third-order valence-electron chi connectivity index (χ3n) is 1.99. The Hall–Kier alpha value is -0.850. The second kappa shape index (κ2) is 4.68. The van der Waals surface area contributed by atoms with Crippen LogP contribution in [0.2, 0.25) is 0 Å². The molecule has 8 nitrogen and oxygen atoms in total. The van der Waals surface area contributed by atoms with Gasteiger partial charge in [0.15, 0.2) is 11.1 Å². The molecule has 0 heterocycles. The molecule has 0 saturated carbocycles. The highest BCUT2D eigenvalue weighted by Crippen LogP contribution is 2.26. The van der Waals surface area contributed by atoms with Crippen LogP contribution in [0.3, 0.4) is 0 Å². The lowest BCUT2D eigenvalue weighted by atomic mass is 10.2. The van der Waals surface area contributed by atoms with Gasteiger partial charge in [0.2, 0.25) is 0 Å². The van der Waals surface area contributed by atoms with E-state index in [9.17, 15) is 21.0 Å². The molecule has 1 aromatic rings. The predicted octanol–water partition coefficient (Wildman–Crippen LogP) is 0.0690. The van der Waals surface area contributed by atoms with Crippen LogP contribution in [0.4, 0.5) is 0 Å². The van der Waals surface area contributed by atoms with E-state index in [0.717, 1.165) is 6.07 Å². The zero-order valence-electron chi connectivity index (χ0n) is 8.76. The van der Waals surface area contributed by atoms with Gasteiger partial charge >= 0.3 is 0 Å². The molecule has 0 amide bonds. The Morgan fingerprint density at radius 1 is 1.00 bits per heavy atom. The van der Waals surface area contributed by atoms with Crippen molar-refractivity contribution in [2.45, 2.75) is 21.6 Å². The predicted molar refractivity (Wildman–Crippen MR) is 59.8 cm³/mol. The van der Waals surface area contributed by atoms with Crippen LogP contribution in [-0.4, -0.2) is 34.7 Å². The quantitative estimate of drug-likeness (QED) is 0.524. The Bertz CT molecular complexity index is 715. The molecule has 102 valence electrons. The fourth-order valence-corrected chi connectivity index (χ4v) is 3.68. The second-order valence-corrected chi connectivity index (χ2v) is 6.98. The Balaban J connectivity index is 3.84. The molecule has 0 aliphatic rings. The van der Waals surface area contributed by atoms with E-state index >= 15 is 0 Å². The summed E-state index contributed by atoms with van der Waals surface area (Å²) in [6.45, 7) is 1.19. The lowest BCUT2D eigenvalue weighted by molar-refractivity contribution is 0.476. The molecule has 0 saturated heterocycles. The van der Waals surface area contributed by atoms with E-state index in [-0.39, 0.29) is 5.56 Å². The third kappa shape index (κ3) is 3.13. The fraction of sp³-hybridized carbons (Fsp3) is 0.143. The van der Waals surface area contributed by atoms with Gasteiger partial charge in [0.1, 0.15) is 4.90 Å². The minimum Gasteiger partial charge on any atom is -0.302 e. The maximum atomic E-state index is 11.0. The average molecular weight is 316 g/mol. The van der Waals surface area contributed by atoms with Crippen LogP contribution in [0.15, 0.2) is 26.8 Å². The smallest absolute Gasteiger partial charge is 0.295 e. The first-order chi connectivity index (χ1) is 7.94. The minimum atomic E-state index is -4.91. The summed E-state index contributed by atoms with van der Waals surface area (Å²) in [6.07, 6.45) is 0. The van der Waals surface area contributed by atoms with Crippen LogP contribution >= 0.6 is 0 Å². The van der Waals surface area contributed by atoms with Gasteiger partial charge in [0.25, 0.3) is 20.2 Å². The molecule has 0 aromatic heterocycles. The molecule has 1 unspecified atom stereocenters. The summed E-state index contributed by atoms with van der Waals surface area (Å²) < 4.78 is 81.3. The lowest BCUT2D eigenvalue weighted by Gasteiger charge is -2.08. The van der Waals surface area contributed by atoms with Gasteiger partial charge in [-0.2, -0.15) is 16.8 Å². The maximum Gasteiger partial charge on any atom is 0.295 e. The molecular formula is C7H8O8S3. The van der Waals surface area contributed by atoms with Gasteiger partial charge in [0.05, 0.1) is 9.79 Å². The van der Waals surface area contributed by atoms with Crippen molar-refractivity contribution in [3.05, 3.63) is 17.7 Å². The van der Waals surface area contributed by atoms with Crippen molar-refractivity contribution >= 4 is 31.3 Å². The summed E-state index contributed by atoms with van der Waals surface area (Å²) in [6, 6.07) is 1.20. The minimum absolute atomic E-state index is 0.137. The normalized spacial score (nSPS) is 14.4.